The van der Waals surface area contributed by atoms with Gasteiger partial charge in [-0.1, -0.05) is 25.1 Å². The highest BCUT2D eigenvalue weighted by Gasteiger charge is 2.37. The third-order valence-corrected chi connectivity index (χ3v) is 3.85. The molecule has 0 spiro atoms. The second kappa shape index (κ2) is 7.16. The van der Waals surface area contributed by atoms with Crippen molar-refractivity contribution in [3.05, 3.63) is 42.6 Å². The number of aromatic nitrogens is 2. The van der Waals surface area contributed by atoms with E-state index in [1.165, 1.54) is 4.90 Å². The van der Waals surface area contributed by atoms with E-state index in [0.29, 0.717) is 18.1 Å². The van der Waals surface area contributed by atoms with Crippen molar-refractivity contribution in [1.29, 1.82) is 0 Å². The smallest absolute Gasteiger partial charge is 0.309 e. The van der Waals surface area contributed by atoms with E-state index >= 15 is 0 Å². The van der Waals surface area contributed by atoms with E-state index in [1.54, 1.807) is 41.2 Å². The minimum Gasteiger partial charge on any atom is -0.309 e. The molecule has 0 bridgehead atoms. The SMILES string of the molecule is CCCn1nccc1NC(=O)CN1C(=O)CN(c2ccccc2)C1=O. The van der Waals surface area contributed by atoms with Gasteiger partial charge in [-0.15, -0.1) is 0 Å². The molecule has 25 heavy (non-hydrogen) atoms. The van der Waals surface area contributed by atoms with Crippen molar-refractivity contribution >= 4 is 29.4 Å². The number of urea groups is 1. The Morgan fingerprint density at radius 3 is 2.68 bits per heavy atom. The largest absolute Gasteiger partial charge is 0.332 e. The second-order valence-corrected chi connectivity index (χ2v) is 5.67. The summed E-state index contributed by atoms with van der Waals surface area (Å²) in [7, 11) is 0. The normalized spacial score (nSPS) is 14.3. The van der Waals surface area contributed by atoms with Gasteiger partial charge in [0.15, 0.2) is 0 Å². The fourth-order valence-electron chi connectivity index (χ4n) is 2.66. The summed E-state index contributed by atoms with van der Waals surface area (Å²) in [5, 5.41) is 6.81. The fourth-order valence-corrected chi connectivity index (χ4v) is 2.66. The second-order valence-electron chi connectivity index (χ2n) is 5.67. The van der Waals surface area contributed by atoms with Gasteiger partial charge in [0.2, 0.25) is 5.91 Å². The first-order valence-electron chi connectivity index (χ1n) is 8.08. The Kier molecular flexibility index (Phi) is 4.78. The minimum absolute atomic E-state index is 0.0656. The van der Waals surface area contributed by atoms with Crippen LogP contribution in [0.4, 0.5) is 16.3 Å². The average molecular weight is 341 g/mol. The Labute approximate surface area is 145 Å². The Morgan fingerprint density at radius 2 is 1.96 bits per heavy atom. The topological polar surface area (TPSA) is 87.5 Å². The summed E-state index contributed by atoms with van der Waals surface area (Å²) < 4.78 is 1.67. The zero-order chi connectivity index (χ0) is 17.8. The van der Waals surface area contributed by atoms with Crippen molar-refractivity contribution in [2.75, 3.05) is 23.3 Å². The summed E-state index contributed by atoms with van der Waals surface area (Å²) in [6, 6.07) is 10.1. The number of para-hydroxylation sites is 1. The van der Waals surface area contributed by atoms with Crippen molar-refractivity contribution in [3.8, 4) is 0 Å². The van der Waals surface area contributed by atoms with E-state index in [4.69, 9.17) is 0 Å². The number of nitrogens with one attached hydrogen (secondary N) is 1. The first-order chi connectivity index (χ1) is 12.1. The average Bonchev–Trinajstić information content (AvgIpc) is 3.15. The molecule has 3 rings (SSSR count). The molecule has 1 fully saturated rings. The molecule has 1 aliphatic rings. The number of rotatable bonds is 6. The fraction of sp³-hybridized carbons (Fsp3) is 0.294. The number of amides is 4. The van der Waals surface area contributed by atoms with Gasteiger partial charge in [-0.05, 0) is 18.6 Å². The molecule has 0 radical (unpaired) electrons. The van der Waals surface area contributed by atoms with Crippen LogP contribution in [-0.4, -0.2) is 45.6 Å². The Bertz CT molecular complexity index is 787. The van der Waals surface area contributed by atoms with Gasteiger partial charge >= 0.3 is 6.03 Å². The van der Waals surface area contributed by atoms with Crippen LogP contribution >= 0.6 is 0 Å². The maximum absolute atomic E-state index is 12.5. The lowest BCUT2D eigenvalue weighted by Gasteiger charge is -2.17. The van der Waals surface area contributed by atoms with E-state index in [-0.39, 0.29) is 13.1 Å². The van der Waals surface area contributed by atoms with Gasteiger partial charge in [0.1, 0.15) is 18.9 Å². The third kappa shape index (κ3) is 3.52. The standard InChI is InChI=1S/C17H19N5O3/c1-2-10-22-14(8-9-18-22)19-15(23)11-21-16(24)12-20(17(21)25)13-6-4-3-5-7-13/h3-9H,2,10-12H2,1H3,(H,19,23). The van der Waals surface area contributed by atoms with E-state index in [9.17, 15) is 14.4 Å². The molecule has 0 saturated carbocycles. The summed E-state index contributed by atoms with van der Waals surface area (Å²) in [5.74, 6) is -0.286. The predicted octanol–water partition coefficient (Wildman–Crippen LogP) is 1.70. The van der Waals surface area contributed by atoms with E-state index in [0.717, 1.165) is 11.3 Å². The Morgan fingerprint density at radius 1 is 1.20 bits per heavy atom. The zero-order valence-corrected chi connectivity index (χ0v) is 13.9. The molecule has 0 aliphatic carbocycles. The molecule has 8 nitrogen and oxygen atoms in total. The van der Waals surface area contributed by atoms with Crippen molar-refractivity contribution in [2.24, 2.45) is 0 Å². The summed E-state index contributed by atoms with van der Waals surface area (Å²) in [6.45, 7) is 2.29. The van der Waals surface area contributed by atoms with Crippen molar-refractivity contribution in [1.82, 2.24) is 14.7 Å². The van der Waals surface area contributed by atoms with Crippen LogP contribution in [0.1, 0.15) is 13.3 Å². The van der Waals surface area contributed by atoms with Gasteiger partial charge in [-0.2, -0.15) is 5.10 Å². The molecule has 4 amide bonds. The van der Waals surface area contributed by atoms with Crippen LogP contribution in [0.25, 0.3) is 0 Å². The quantitative estimate of drug-likeness (QED) is 0.810. The number of imide groups is 1. The molecule has 2 heterocycles. The highest BCUT2D eigenvalue weighted by Crippen LogP contribution is 2.20. The summed E-state index contributed by atoms with van der Waals surface area (Å²) in [6.07, 6.45) is 2.47. The van der Waals surface area contributed by atoms with Gasteiger partial charge < -0.3 is 5.32 Å². The first kappa shape index (κ1) is 16.7. The van der Waals surface area contributed by atoms with Crippen LogP contribution < -0.4 is 10.2 Å². The van der Waals surface area contributed by atoms with Crippen molar-refractivity contribution < 1.29 is 14.4 Å². The number of hydrogen-bond donors (Lipinski definition) is 1. The molecular weight excluding hydrogens is 322 g/mol. The first-order valence-corrected chi connectivity index (χ1v) is 8.08. The van der Waals surface area contributed by atoms with Crippen LogP contribution in [0.5, 0.6) is 0 Å². The molecule has 1 aliphatic heterocycles. The molecule has 1 saturated heterocycles. The highest BCUT2D eigenvalue weighted by molar-refractivity contribution is 6.14. The lowest BCUT2D eigenvalue weighted by Crippen LogP contribution is -2.39. The van der Waals surface area contributed by atoms with E-state index in [1.807, 2.05) is 13.0 Å². The predicted molar refractivity (Wildman–Crippen MR) is 92.0 cm³/mol. The highest BCUT2D eigenvalue weighted by atomic mass is 16.2. The molecular formula is C17H19N5O3. The summed E-state index contributed by atoms with van der Waals surface area (Å²) in [5.41, 5.74) is 0.629. The minimum atomic E-state index is -0.492. The van der Waals surface area contributed by atoms with Gasteiger partial charge in [-0.25, -0.2) is 9.48 Å². The van der Waals surface area contributed by atoms with Crippen molar-refractivity contribution in [2.45, 2.75) is 19.9 Å². The summed E-state index contributed by atoms with van der Waals surface area (Å²) in [4.78, 5) is 39.2. The number of hydrogen-bond acceptors (Lipinski definition) is 4. The third-order valence-electron chi connectivity index (χ3n) is 3.85. The Balaban J connectivity index is 1.66. The maximum Gasteiger partial charge on any atom is 0.332 e. The Hall–Kier alpha value is -3.16. The molecule has 0 unspecified atom stereocenters. The van der Waals surface area contributed by atoms with Crippen LogP contribution in [-0.2, 0) is 16.1 Å². The van der Waals surface area contributed by atoms with E-state index in [2.05, 4.69) is 10.4 Å². The van der Waals surface area contributed by atoms with Crippen LogP contribution in [0.3, 0.4) is 0 Å². The number of nitrogens with zero attached hydrogens (tertiary/aromatic N) is 4. The van der Waals surface area contributed by atoms with Crippen LogP contribution in [0.15, 0.2) is 42.6 Å². The zero-order valence-electron chi connectivity index (χ0n) is 13.9. The number of carbonyl (C=O) groups excluding carboxylic acids is 3. The van der Waals surface area contributed by atoms with Gasteiger partial charge in [0.05, 0.1) is 6.20 Å². The molecule has 8 heteroatoms. The van der Waals surface area contributed by atoms with Crippen LogP contribution in [0.2, 0.25) is 0 Å². The lowest BCUT2D eigenvalue weighted by molar-refractivity contribution is -0.128. The molecule has 0 atom stereocenters. The molecule has 1 N–H and O–H groups in total. The number of aryl methyl sites for hydroxylation is 1. The summed E-state index contributed by atoms with van der Waals surface area (Å²) >= 11 is 0. The number of carbonyl (C=O) groups is 3. The van der Waals surface area contributed by atoms with Gasteiger partial charge in [0.25, 0.3) is 5.91 Å². The van der Waals surface area contributed by atoms with Gasteiger partial charge in [-0.3, -0.25) is 19.4 Å². The van der Waals surface area contributed by atoms with Crippen molar-refractivity contribution in [3.63, 3.8) is 0 Å². The number of anilines is 2. The molecule has 2 aromatic rings. The molecule has 130 valence electrons. The van der Waals surface area contributed by atoms with Crippen LogP contribution in [0, 0.1) is 0 Å². The lowest BCUT2D eigenvalue weighted by atomic mass is 10.3. The van der Waals surface area contributed by atoms with Gasteiger partial charge in [0, 0.05) is 18.3 Å². The number of benzene rings is 1. The molecule has 1 aromatic carbocycles. The molecule has 1 aromatic heterocycles. The van der Waals surface area contributed by atoms with E-state index < -0.39 is 17.8 Å². The maximum atomic E-state index is 12.5. The monoisotopic (exact) mass is 341 g/mol.